The van der Waals surface area contributed by atoms with Gasteiger partial charge >= 0.3 is 0 Å². The number of nitrogens with zero attached hydrogens (tertiary/aromatic N) is 3. The summed E-state index contributed by atoms with van der Waals surface area (Å²) < 4.78 is 15.5. The normalized spacial score (nSPS) is 17.4. The molecule has 2 aromatic rings. The number of carbonyl (C=O) groups excluding carboxylic acids is 1. The number of imidazole rings is 1. The van der Waals surface area contributed by atoms with E-state index in [1.54, 1.807) is 18.5 Å². The number of amides is 1. The molecule has 3 rings (SSSR count). The van der Waals surface area contributed by atoms with Gasteiger partial charge in [-0.2, -0.15) is 0 Å². The highest BCUT2D eigenvalue weighted by Gasteiger charge is 2.26. The number of carbonyl (C=O) groups is 1. The van der Waals surface area contributed by atoms with E-state index >= 15 is 0 Å². The van der Waals surface area contributed by atoms with Gasteiger partial charge in [0.15, 0.2) is 0 Å². The van der Waals surface area contributed by atoms with E-state index in [1.165, 1.54) is 12.1 Å². The Balaban J connectivity index is 1.70. The van der Waals surface area contributed by atoms with Gasteiger partial charge in [-0.05, 0) is 37.5 Å². The summed E-state index contributed by atoms with van der Waals surface area (Å²) in [6, 6.07) is 4.94. The van der Waals surface area contributed by atoms with Crippen molar-refractivity contribution in [2.75, 3.05) is 13.1 Å². The van der Waals surface area contributed by atoms with Crippen LogP contribution in [0.2, 0.25) is 0 Å². The van der Waals surface area contributed by atoms with Gasteiger partial charge in [0.1, 0.15) is 5.82 Å². The standard InChI is InChI=1S/C18H22FN3O/c1-3-4-13(2)18(23)21-9-7-15(8-10-21)22-12-20-16-6-5-14(19)11-17(16)22/h3,5-6,11-13,15H,1,4,7-10H2,2H3/t13-/m0/s1. The molecule has 0 radical (unpaired) electrons. The molecule has 1 aromatic heterocycles. The van der Waals surface area contributed by atoms with Gasteiger partial charge in [-0.25, -0.2) is 9.37 Å². The van der Waals surface area contributed by atoms with Crippen molar-refractivity contribution in [3.63, 3.8) is 0 Å². The lowest BCUT2D eigenvalue weighted by Crippen LogP contribution is -2.41. The topological polar surface area (TPSA) is 38.1 Å². The summed E-state index contributed by atoms with van der Waals surface area (Å²) in [4.78, 5) is 18.6. The number of likely N-dealkylation sites (tertiary alicyclic amines) is 1. The van der Waals surface area contributed by atoms with Gasteiger partial charge < -0.3 is 9.47 Å². The van der Waals surface area contributed by atoms with Gasteiger partial charge in [0.2, 0.25) is 5.91 Å². The first-order valence-electron chi connectivity index (χ1n) is 8.12. The molecule has 1 fully saturated rings. The molecule has 0 saturated carbocycles. The molecule has 0 bridgehead atoms. The lowest BCUT2D eigenvalue weighted by Gasteiger charge is -2.34. The monoisotopic (exact) mass is 315 g/mol. The van der Waals surface area contributed by atoms with E-state index in [9.17, 15) is 9.18 Å². The second-order valence-corrected chi connectivity index (χ2v) is 6.27. The fraction of sp³-hybridized carbons (Fsp3) is 0.444. The highest BCUT2D eigenvalue weighted by molar-refractivity contribution is 5.79. The molecule has 5 heteroatoms. The van der Waals surface area contributed by atoms with Crippen molar-refractivity contribution in [1.29, 1.82) is 0 Å². The zero-order valence-electron chi connectivity index (χ0n) is 13.4. The van der Waals surface area contributed by atoms with Crippen LogP contribution in [0.15, 0.2) is 37.2 Å². The van der Waals surface area contributed by atoms with Crippen molar-refractivity contribution in [1.82, 2.24) is 14.5 Å². The Morgan fingerprint density at radius 3 is 2.91 bits per heavy atom. The van der Waals surface area contributed by atoms with E-state index in [4.69, 9.17) is 0 Å². The van der Waals surface area contributed by atoms with E-state index in [1.807, 2.05) is 16.4 Å². The first kappa shape index (κ1) is 15.7. The zero-order valence-corrected chi connectivity index (χ0v) is 13.4. The first-order valence-corrected chi connectivity index (χ1v) is 8.12. The number of benzene rings is 1. The summed E-state index contributed by atoms with van der Waals surface area (Å²) in [5.74, 6) is -0.0535. The van der Waals surface area contributed by atoms with E-state index in [0.29, 0.717) is 6.42 Å². The van der Waals surface area contributed by atoms with Crippen LogP contribution in [0.5, 0.6) is 0 Å². The SMILES string of the molecule is C=CC[C@H](C)C(=O)N1CCC(n2cnc3ccc(F)cc32)CC1. The van der Waals surface area contributed by atoms with Gasteiger partial charge in [0, 0.05) is 25.0 Å². The lowest BCUT2D eigenvalue weighted by molar-refractivity contribution is -0.136. The van der Waals surface area contributed by atoms with Crippen LogP contribution in [0, 0.1) is 11.7 Å². The Morgan fingerprint density at radius 2 is 2.22 bits per heavy atom. The predicted molar refractivity (Wildman–Crippen MR) is 88.5 cm³/mol. The second-order valence-electron chi connectivity index (χ2n) is 6.27. The maximum absolute atomic E-state index is 13.5. The average Bonchev–Trinajstić information content (AvgIpc) is 2.97. The van der Waals surface area contributed by atoms with Crippen LogP contribution in [-0.2, 0) is 4.79 Å². The number of fused-ring (bicyclic) bond motifs is 1. The second kappa shape index (κ2) is 6.52. The van der Waals surface area contributed by atoms with Crippen molar-refractivity contribution in [2.45, 2.75) is 32.2 Å². The summed E-state index contributed by atoms with van der Waals surface area (Å²) in [5, 5.41) is 0. The van der Waals surface area contributed by atoms with Crippen molar-refractivity contribution < 1.29 is 9.18 Å². The van der Waals surface area contributed by atoms with Crippen molar-refractivity contribution in [2.24, 2.45) is 5.92 Å². The number of rotatable bonds is 4. The van der Waals surface area contributed by atoms with Crippen molar-refractivity contribution in [3.8, 4) is 0 Å². The summed E-state index contributed by atoms with van der Waals surface area (Å²) >= 11 is 0. The number of hydrogen-bond acceptors (Lipinski definition) is 2. The molecule has 1 aliphatic heterocycles. The Bertz CT molecular complexity index is 716. The fourth-order valence-corrected chi connectivity index (χ4v) is 3.32. The summed E-state index contributed by atoms with van der Waals surface area (Å²) in [6.07, 6.45) is 6.03. The molecule has 4 nitrogen and oxygen atoms in total. The molecule has 0 spiro atoms. The lowest BCUT2D eigenvalue weighted by atomic mass is 10.0. The maximum atomic E-state index is 13.5. The first-order chi connectivity index (χ1) is 11.1. The van der Waals surface area contributed by atoms with Crippen LogP contribution >= 0.6 is 0 Å². The molecule has 1 aliphatic rings. The smallest absolute Gasteiger partial charge is 0.225 e. The molecule has 1 saturated heterocycles. The Kier molecular flexibility index (Phi) is 4.46. The van der Waals surface area contributed by atoms with Crippen LogP contribution in [0.4, 0.5) is 4.39 Å². The minimum atomic E-state index is -0.245. The van der Waals surface area contributed by atoms with Crippen molar-refractivity contribution >= 4 is 16.9 Å². The molecule has 2 heterocycles. The van der Waals surface area contributed by atoms with E-state index < -0.39 is 0 Å². The minimum absolute atomic E-state index is 0.00720. The zero-order chi connectivity index (χ0) is 16.4. The molecule has 122 valence electrons. The molecule has 1 atom stereocenters. The number of aromatic nitrogens is 2. The molecule has 0 N–H and O–H groups in total. The van der Waals surface area contributed by atoms with Crippen LogP contribution in [0.25, 0.3) is 11.0 Å². The van der Waals surface area contributed by atoms with Gasteiger partial charge in [0.05, 0.1) is 17.4 Å². The van der Waals surface area contributed by atoms with E-state index in [-0.39, 0.29) is 23.7 Å². The van der Waals surface area contributed by atoms with Crippen LogP contribution in [0.3, 0.4) is 0 Å². The summed E-state index contributed by atoms with van der Waals surface area (Å²) in [6.45, 7) is 7.12. The van der Waals surface area contributed by atoms with Gasteiger partial charge in [-0.1, -0.05) is 13.0 Å². The number of piperidine rings is 1. The maximum Gasteiger partial charge on any atom is 0.225 e. The third kappa shape index (κ3) is 3.14. The number of halogens is 1. The molecule has 1 amide bonds. The number of allylic oxidation sites excluding steroid dienone is 1. The molecule has 1 aromatic carbocycles. The minimum Gasteiger partial charge on any atom is -0.342 e. The molecular formula is C18H22FN3O. The van der Waals surface area contributed by atoms with Crippen LogP contribution in [-0.4, -0.2) is 33.4 Å². The van der Waals surface area contributed by atoms with Crippen LogP contribution in [0.1, 0.15) is 32.2 Å². The summed E-state index contributed by atoms with van der Waals surface area (Å²) in [5.41, 5.74) is 1.64. The van der Waals surface area contributed by atoms with Crippen molar-refractivity contribution in [3.05, 3.63) is 43.0 Å². The van der Waals surface area contributed by atoms with Gasteiger partial charge in [0.25, 0.3) is 0 Å². The highest BCUT2D eigenvalue weighted by atomic mass is 19.1. The molecule has 0 aliphatic carbocycles. The molecular weight excluding hydrogens is 293 g/mol. The van der Waals surface area contributed by atoms with Gasteiger partial charge in [-0.15, -0.1) is 6.58 Å². The number of hydrogen-bond donors (Lipinski definition) is 0. The quantitative estimate of drug-likeness (QED) is 0.809. The molecule has 23 heavy (non-hydrogen) atoms. The molecule has 0 unspecified atom stereocenters. The van der Waals surface area contributed by atoms with Crippen LogP contribution < -0.4 is 0 Å². The van der Waals surface area contributed by atoms with E-state index in [2.05, 4.69) is 11.6 Å². The van der Waals surface area contributed by atoms with Gasteiger partial charge in [-0.3, -0.25) is 4.79 Å². The largest absolute Gasteiger partial charge is 0.342 e. The fourth-order valence-electron chi connectivity index (χ4n) is 3.32. The summed E-state index contributed by atoms with van der Waals surface area (Å²) in [7, 11) is 0. The Labute approximate surface area is 135 Å². The predicted octanol–water partition coefficient (Wildman–Crippen LogP) is 3.55. The Hall–Kier alpha value is -2.17. The highest BCUT2D eigenvalue weighted by Crippen LogP contribution is 2.27. The Morgan fingerprint density at radius 1 is 1.48 bits per heavy atom. The third-order valence-electron chi connectivity index (χ3n) is 4.65. The van der Waals surface area contributed by atoms with E-state index in [0.717, 1.165) is 37.0 Å². The third-order valence-corrected chi connectivity index (χ3v) is 4.65. The average molecular weight is 315 g/mol.